The van der Waals surface area contributed by atoms with Gasteiger partial charge in [-0.3, -0.25) is 4.98 Å². The van der Waals surface area contributed by atoms with Crippen molar-refractivity contribution in [2.24, 2.45) is 0 Å². The van der Waals surface area contributed by atoms with Crippen molar-refractivity contribution in [1.82, 2.24) is 9.97 Å². The third-order valence-electron chi connectivity index (χ3n) is 4.07. The van der Waals surface area contributed by atoms with E-state index in [2.05, 4.69) is 48.1 Å². The fourth-order valence-corrected chi connectivity index (χ4v) is 2.91. The summed E-state index contributed by atoms with van der Waals surface area (Å²) >= 11 is 0. The summed E-state index contributed by atoms with van der Waals surface area (Å²) in [6, 6.07) is 19.4. The van der Waals surface area contributed by atoms with Crippen LogP contribution in [-0.4, -0.2) is 32.4 Å². The standard InChI is InChI=1S/C18H15N2.C5H12O2.Ir/c1-13-7-6-8-14(2)18(13)17-11-16(19-12-20-17)15-9-4-3-5-10-15;1-4(6)3-5(2)7;/h3-9,11-12H,1-2H3;4-7H,3H2,1-2H3;/q-1;;. The number of aryl methyl sites for hydroxylation is 2. The summed E-state index contributed by atoms with van der Waals surface area (Å²) in [5.74, 6) is 0. The first-order valence-corrected chi connectivity index (χ1v) is 9.10. The molecular weight excluding hydrogens is 528 g/mol. The molecule has 0 saturated carbocycles. The summed E-state index contributed by atoms with van der Waals surface area (Å²) in [4.78, 5) is 8.78. The fourth-order valence-electron chi connectivity index (χ4n) is 2.91. The van der Waals surface area contributed by atoms with Crippen molar-refractivity contribution in [3.63, 3.8) is 0 Å². The molecule has 0 saturated heterocycles. The van der Waals surface area contributed by atoms with Gasteiger partial charge in [0.25, 0.3) is 0 Å². The van der Waals surface area contributed by atoms with Crippen molar-refractivity contribution in [1.29, 1.82) is 0 Å². The van der Waals surface area contributed by atoms with Crippen molar-refractivity contribution in [2.75, 3.05) is 0 Å². The molecule has 2 aromatic carbocycles. The predicted molar refractivity (Wildman–Crippen MR) is 109 cm³/mol. The molecule has 3 rings (SSSR count). The molecule has 0 spiro atoms. The molecule has 2 N–H and O–H groups in total. The zero-order valence-corrected chi connectivity index (χ0v) is 19.1. The van der Waals surface area contributed by atoms with Gasteiger partial charge in [-0.05, 0) is 50.9 Å². The summed E-state index contributed by atoms with van der Waals surface area (Å²) in [5.41, 5.74) is 6.49. The normalized spacial score (nSPS) is 12.2. The quantitative estimate of drug-likeness (QED) is 0.470. The van der Waals surface area contributed by atoms with Crippen LogP contribution in [0.25, 0.3) is 22.5 Å². The van der Waals surface area contributed by atoms with E-state index in [4.69, 9.17) is 10.2 Å². The second kappa shape index (κ2) is 11.8. The van der Waals surface area contributed by atoms with Gasteiger partial charge in [0.2, 0.25) is 0 Å². The Hall–Kier alpha value is -1.91. The Balaban J connectivity index is 0.000000425. The van der Waals surface area contributed by atoms with Crippen molar-refractivity contribution in [3.8, 4) is 22.5 Å². The number of hydrogen-bond donors (Lipinski definition) is 2. The van der Waals surface area contributed by atoms with Gasteiger partial charge in [-0.15, -0.1) is 35.9 Å². The van der Waals surface area contributed by atoms with Crippen LogP contribution in [0.4, 0.5) is 0 Å². The van der Waals surface area contributed by atoms with Crippen LogP contribution in [0.1, 0.15) is 31.4 Å². The van der Waals surface area contributed by atoms with Gasteiger partial charge in [0.1, 0.15) is 6.33 Å². The van der Waals surface area contributed by atoms with E-state index in [1.807, 2.05) is 30.3 Å². The molecule has 2 unspecified atom stereocenters. The first kappa shape index (κ1) is 24.1. The Bertz CT molecular complexity index is 826. The summed E-state index contributed by atoms with van der Waals surface area (Å²) in [6.07, 6.45) is 1.34. The minimum absolute atomic E-state index is 0. The third kappa shape index (κ3) is 7.25. The Labute approximate surface area is 181 Å². The van der Waals surface area contributed by atoms with E-state index in [0.29, 0.717) is 6.42 Å². The number of hydrogen-bond acceptors (Lipinski definition) is 4. The largest absolute Gasteiger partial charge is 0.393 e. The minimum atomic E-state index is -0.375. The summed E-state index contributed by atoms with van der Waals surface area (Å²) < 4.78 is 0. The van der Waals surface area contributed by atoms with Crippen LogP contribution < -0.4 is 0 Å². The second-order valence-electron chi connectivity index (χ2n) is 6.77. The first-order valence-electron chi connectivity index (χ1n) is 9.10. The zero-order chi connectivity index (χ0) is 19.8. The Morgan fingerprint density at radius 2 is 1.50 bits per heavy atom. The molecule has 0 amide bonds. The number of aliphatic hydroxyl groups excluding tert-OH is 2. The van der Waals surface area contributed by atoms with E-state index >= 15 is 0 Å². The van der Waals surface area contributed by atoms with Crippen LogP contribution in [0.2, 0.25) is 0 Å². The predicted octanol–water partition coefficient (Wildman–Crippen LogP) is 4.36. The topological polar surface area (TPSA) is 66.2 Å². The molecule has 0 aliphatic heterocycles. The van der Waals surface area contributed by atoms with Gasteiger partial charge in [0, 0.05) is 25.7 Å². The van der Waals surface area contributed by atoms with Crippen LogP contribution in [-0.2, 0) is 20.1 Å². The molecule has 1 radical (unpaired) electrons. The van der Waals surface area contributed by atoms with Gasteiger partial charge < -0.3 is 10.2 Å². The van der Waals surface area contributed by atoms with E-state index in [1.54, 1.807) is 20.2 Å². The van der Waals surface area contributed by atoms with Crippen molar-refractivity contribution >= 4 is 0 Å². The smallest absolute Gasteiger partial charge is 0.106 e. The average Bonchev–Trinajstić information content (AvgIpc) is 2.62. The number of rotatable bonds is 4. The van der Waals surface area contributed by atoms with Crippen molar-refractivity contribution in [3.05, 3.63) is 72.1 Å². The molecule has 28 heavy (non-hydrogen) atoms. The van der Waals surface area contributed by atoms with Gasteiger partial charge in [-0.2, -0.15) is 0 Å². The van der Waals surface area contributed by atoms with E-state index in [9.17, 15) is 0 Å². The van der Waals surface area contributed by atoms with E-state index < -0.39 is 0 Å². The van der Waals surface area contributed by atoms with E-state index in [1.165, 1.54) is 16.7 Å². The first-order chi connectivity index (χ1) is 12.9. The van der Waals surface area contributed by atoms with Gasteiger partial charge in [-0.25, -0.2) is 4.98 Å². The van der Waals surface area contributed by atoms with Crippen LogP contribution in [0, 0.1) is 19.9 Å². The number of nitrogens with zero attached hydrogens (tertiary/aromatic N) is 2. The minimum Gasteiger partial charge on any atom is -0.393 e. The molecule has 3 aromatic rings. The number of aliphatic hydroxyl groups is 2. The third-order valence-corrected chi connectivity index (χ3v) is 4.07. The van der Waals surface area contributed by atoms with Crippen LogP contribution in [0.5, 0.6) is 0 Å². The maximum absolute atomic E-state index is 8.56. The van der Waals surface area contributed by atoms with Gasteiger partial charge in [-0.1, -0.05) is 24.3 Å². The molecule has 0 bridgehead atoms. The monoisotopic (exact) mass is 556 g/mol. The van der Waals surface area contributed by atoms with E-state index in [0.717, 1.165) is 17.0 Å². The molecule has 1 heterocycles. The van der Waals surface area contributed by atoms with Crippen LogP contribution in [0.15, 0.2) is 54.9 Å². The van der Waals surface area contributed by atoms with Gasteiger partial charge in [0.05, 0.1) is 17.9 Å². The SMILES string of the molecule is CC(O)CC(C)O.Cc1cccc(C)c1-c1cc(-c2[c-]cccc2)ncn1.[Ir]. The maximum atomic E-state index is 8.56. The Morgan fingerprint density at radius 3 is 2.00 bits per heavy atom. The van der Waals surface area contributed by atoms with Crippen LogP contribution in [0.3, 0.4) is 0 Å². The molecule has 0 aliphatic rings. The molecule has 151 valence electrons. The average molecular weight is 556 g/mol. The zero-order valence-electron chi connectivity index (χ0n) is 16.7. The fraction of sp³-hybridized carbons (Fsp3) is 0.304. The molecule has 4 nitrogen and oxygen atoms in total. The molecular formula is C23H27IrN2O2-. The molecule has 0 aliphatic carbocycles. The van der Waals surface area contributed by atoms with Crippen molar-refractivity contribution in [2.45, 2.75) is 46.3 Å². The Kier molecular flexibility index (Phi) is 10.2. The summed E-state index contributed by atoms with van der Waals surface area (Å²) in [6.45, 7) is 7.54. The summed E-state index contributed by atoms with van der Waals surface area (Å²) in [7, 11) is 0. The Morgan fingerprint density at radius 1 is 0.893 bits per heavy atom. The molecule has 1 aromatic heterocycles. The number of aromatic nitrogens is 2. The molecule has 2 atom stereocenters. The van der Waals surface area contributed by atoms with Crippen molar-refractivity contribution < 1.29 is 30.3 Å². The second-order valence-corrected chi connectivity index (χ2v) is 6.77. The molecule has 5 heteroatoms. The van der Waals surface area contributed by atoms with E-state index in [-0.39, 0.29) is 32.3 Å². The maximum Gasteiger partial charge on any atom is 0.106 e. The van der Waals surface area contributed by atoms with Gasteiger partial charge in [0.15, 0.2) is 0 Å². The molecule has 0 fully saturated rings. The van der Waals surface area contributed by atoms with Crippen LogP contribution >= 0.6 is 0 Å². The summed E-state index contributed by atoms with van der Waals surface area (Å²) in [5, 5.41) is 17.1. The van der Waals surface area contributed by atoms with Gasteiger partial charge >= 0.3 is 0 Å². The number of benzene rings is 2.